The molecule has 0 radical (unpaired) electrons. The third kappa shape index (κ3) is 2.87. The van der Waals surface area contributed by atoms with Gasteiger partial charge in [-0.3, -0.25) is 4.98 Å². The van der Waals surface area contributed by atoms with E-state index in [0.717, 1.165) is 10.6 Å². The number of nitrogens with zero attached hydrogens (tertiary/aromatic N) is 2. The number of benzene rings is 1. The van der Waals surface area contributed by atoms with Crippen LogP contribution in [0, 0.1) is 0 Å². The second-order valence-electron chi connectivity index (χ2n) is 3.09. The standard InChI is InChI=1S/C11H9ClN2OS/c12-11-6-13-8(5-14-11)7-16-10-4-2-1-3-9(10)15/h1-6,15H,7H2. The van der Waals surface area contributed by atoms with Crippen LogP contribution < -0.4 is 0 Å². The smallest absolute Gasteiger partial charge is 0.147 e. The lowest BCUT2D eigenvalue weighted by molar-refractivity contribution is 0.462. The first kappa shape index (κ1) is 11.2. The Morgan fingerprint density at radius 1 is 1.19 bits per heavy atom. The van der Waals surface area contributed by atoms with Crippen molar-refractivity contribution >= 4 is 23.4 Å². The minimum atomic E-state index is 0.287. The van der Waals surface area contributed by atoms with Crippen molar-refractivity contribution in [3.05, 3.63) is 47.5 Å². The number of hydrogen-bond donors (Lipinski definition) is 1. The van der Waals surface area contributed by atoms with Gasteiger partial charge in [0.25, 0.3) is 0 Å². The van der Waals surface area contributed by atoms with Gasteiger partial charge in [-0.1, -0.05) is 23.7 Å². The summed E-state index contributed by atoms with van der Waals surface area (Å²) in [5.41, 5.74) is 0.831. The van der Waals surface area contributed by atoms with Crippen LogP contribution in [0.25, 0.3) is 0 Å². The van der Waals surface area contributed by atoms with Crippen LogP contribution in [0.15, 0.2) is 41.6 Å². The Hall–Kier alpha value is -1.26. The van der Waals surface area contributed by atoms with Gasteiger partial charge in [0.1, 0.15) is 10.9 Å². The summed E-state index contributed by atoms with van der Waals surface area (Å²) in [6, 6.07) is 7.20. The number of rotatable bonds is 3. The molecule has 16 heavy (non-hydrogen) atoms. The Balaban J connectivity index is 2.02. The molecule has 0 aliphatic rings. The molecule has 0 saturated heterocycles. The van der Waals surface area contributed by atoms with E-state index in [2.05, 4.69) is 9.97 Å². The van der Waals surface area contributed by atoms with Crippen LogP contribution >= 0.6 is 23.4 Å². The minimum Gasteiger partial charge on any atom is -0.507 e. The molecule has 2 aromatic rings. The van der Waals surface area contributed by atoms with E-state index < -0.39 is 0 Å². The summed E-state index contributed by atoms with van der Waals surface area (Å²) in [6.07, 6.45) is 3.15. The van der Waals surface area contributed by atoms with Gasteiger partial charge in [0.2, 0.25) is 0 Å². The fourth-order valence-electron chi connectivity index (χ4n) is 1.14. The van der Waals surface area contributed by atoms with Crippen LogP contribution in [0.4, 0.5) is 0 Å². The molecule has 1 aromatic heterocycles. The zero-order chi connectivity index (χ0) is 11.4. The maximum atomic E-state index is 9.55. The molecule has 5 heteroatoms. The van der Waals surface area contributed by atoms with Gasteiger partial charge in [0.15, 0.2) is 0 Å². The molecule has 0 bridgehead atoms. The van der Waals surface area contributed by atoms with Crippen LogP contribution in [-0.2, 0) is 5.75 Å². The molecule has 0 aliphatic carbocycles. The Labute approximate surface area is 103 Å². The predicted molar refractivity (Wildman–Crippen MR) is 64.7 cm³/mol. The second-order valence-corrected chi connectivity index (χ2v) is 4.49. The second kappa shape index (κ2) is 5.18. The minimum absolute atomic E-state index is 0.287. The third-order valence-electron chi connectivity index (χ3n) is 1.91. The molecule has 0 atom stereocenters. The van der Waals surface area contributed by atoms with E-state index in [9.17, 15) is 5.11 Å². The summed E-state index contributed by atoms with van der Waals surface area (Å²) in [5, 5.41) is 9.94. The van der Waals surface area contributed by atoms with Gasteiger partial charge in [0.05, 0.1) is 18.1 Å². The summed E-state index contributed by atoms with van der Waals surface area (Å²) >= 11 is 7.14. The number of aromatic hydroxyl groups is 1. The monoisotopic (exact) mass is 252 g/mol. The molecule has 2 rings (SSSR count). The predicted octanol–water partition coefficient (Wildman–Crippen LogP) is 3.13. The van der Waals surface area contributed by atoms with Crippen molar-refractivity contribution in [1.29, 1.82) is 0 Å². The van der Waals surface area contributed by atoms with Crippen LogP contribution in [0.5, 0.6) is 5.75 Å². The number of phenolic OH excluding ortho intramolecular Hbond substituents is 1. The molecule has 1 aromatic carbocycles. The highest BCUT2D eigenvalue weighted by Gasteiger charge is 2.02. The third-order valence-corrected chi connectivity index (χ3v) is 3.21. The molecular formula is C11H9ClN2OS. The Kier molecular flexibility index (Phi) is 3.64. The molecule has 3 nitrogen and oxygen atoms in total. The number of phenols is 1. The van der Waals surface area contributed by atoms with Crippen molar-refractivity contribution in [2.24, 2.45) is 0 Å². The van der Waals surface area contributed by atoms with Crippen LogP contribution in [0.2, 0.25) is 5.15 Å². The number of halogens is 1. The van der Waals surface area contributed by atoms with E-state index >= 15 is 0 Å². The van der Waals surface area contributed by atoms with Crippen molar-refractivity contribution in [2.45, 2.75) is 10.6 Å². The first-order valence-corrected chi connectivity index (χ1v) is 5.99. The van der Waals surface area contributed by atoms with Gasteiger partial charge in [-0.2, -0.15) is 0 Å². The molecule has 1 N–H and O–H groups in total. The fraction of sp³-hybridized carbons (Fsp3) is 0.0909. The lowest BCUT2D eigenvalue weighted by Gasteiger charge is -2.03. The first-order valence-electron chi connectivity index (χ1n) is 4.63. The van der Waals surface area contributed by atoms with E-state index in [4.69, 9.17) is 11.6 Å². The Morgan fingerprint density at radius 3 is 2.69 bits per heavy atom. The normalized spacial score (nSPS) is 10.3. The average Bonchev–Trinajstić information content (AvgIpc) is 2.30. The maximum absolute atomic E-state index is 9.55. The van der Waals surface area contributed by atoms with Gasteiger partial charge >= 0.3 is 0 Å². The van der Waals surface area contributed by atoms with Crippen molar-refractivity contribution in [3.63, 3.8) is 0 Å². The number of thioether (sulfide) groups is 1. The highest BCUT2D eigenvalue weighted by atomic mass is 35.5. The van der Waals surface area contributed by atoms with Crippen molar-refractivity contribution in [3.8, 4) is 5.75 Å². The van der Waals surface area contributed by atoms with Crippen LogP contribution in [0.3, 0.4) is 0 Å². The molecule has 1 heterocycles. The zero-order valence-corrected chi connectivity index (χ0v) is 9.87. The summed E-state index contributed by atoms with van der Waals surface area (Å²) in [6.45, 7) is 0. The topological polar surface area (TPSA) is 46.0 Å². The number of para-hydroxylation sites is 1. The fourth-order valence-corrected chi connectivity index (χ4v) is 2.09. The van der Waals surface area contributed by atoms with E-state index in [-0.39, 0.29) is 5.75 Å². The lowest BCUT2D eigenvalue weighted by Crippen LogP contribution is -1.88. The first-order chi connectivity index (χ1) is 7.75. The largest absolute Gasteiger partial charge is 0.507 e. The van der Waals surface area contributed by atoms with Gasteiger partial charge in [-0.25, -0.2) is 4.98 Å². The molecular weight excluding hydrogens is 244 g/mol. The Morgan fingerprint density at radius 2 is 2.00 bits per heavy atom. The van der Waals surface area contributed by atoms with Crippen LogP contribution in [-0.4, -0.2) is 15.1 Å². The molecule has 0 aliphatic heterocycles. The number of hydrogen-bond acceptors (Lipinski definition) is 4. The summed E-state index contributed by atoms with van der Waals surface area (Å²) < 4.78 is 0. The van der Waals surface area contributed by atoms with E-state index in [0.29, 0.717) is 10.9 Å². The highest BCUT2D eigenvalue weighted by Crippen LogP contribution is 2.29. The molecule has 0 fully saturated rings. The highest BCUT2D eigenvalue weighted by molar-refractivity contribution is 7.98. The van der Waals surface area contributed by atoms with E-state index in [1.54, 1.807) is 18.3 Å². The maximum Gasteiger partial charge on any atom is 0.147 e. The summed E-state index contributed by atoms with van der Waals surface area (Å²) in [4.78, 5) is 8.90. The summed E-state index contributed by atoms with van der Waals surface area (Å²) in [5.74, 6) is 0.941. The van der Waals surface area contributed by atoms with E-state index in [1.165, 1.54) is 18.0 Å². The molecule has 0 spiro atoms. The van der Waals surface area contributed by atoms with Crippen LogP contribution in [0.1, 0.15) is 5.69 Å². The number of aromatic nitrogens is 2. The van der Waals surface area contributed by atoms with Gasteiger partial charge in [0, 0.05) is 10.6 Å². The van der Waals surface area contributed by atoms with E-state index in [1.807, 2.05) is 12.1 Å². The van der Waals surface area contributed by atoms with Crippen molar-refractivity contribution < 1.29 is 5.11 Å². The van der Waals surface area contributed by atoms with Gasteiger partial charge < -0.3 is 5.11 Å². The summed E-state index contributed by atoms with van der Waals surface area (Å²) in [7, 11) is 0. The molecule has 0 unspecified atom stereocenters. The van der Waals surface area contributed by atoms with Gasteiger partial charge in [-0.05, 0) is 12.1 Å². The molecule has 0 saturated carbocycles. The SMILES string of the molecule is Oc1ccccc1SCc1cnc(Cl)cn1. The molecule has 82 valence electrons. The quantitative estimate of drug-likeness (QED) is 0.853. The van der Waals surface area contributed by atoms with Crippen molar-refractivity contribution in [2.75, 3.05) is 0 Å². The Bertz CT molecular complexity index is 476. The zero-order valence-electron chi connectivity index (χ0n) is 8.30. The van der Waals surface area contributed by atoms with Crippen molar-refractivity contribution in [1.82, 2.24) is 9.97 Å². The molecule has 0 amide bonds. The average molecular weight is 253 g/mol. The lowest BCUT2D eigenvalue weighted by atomic mass is 10.3. The van der Waals surface area contributed by atoms with Gasteiger partial charge in [-0.15, -0.1) is 11.8 Å².